The lowest BCUT2D eigenvalue weighted by Gasteiger charge is -2.24. The van der Waals surface area contributed by atoms with Crippen molar-refractivity contribution in [3.8, 4) is 0 Å². The van der Waals surface area contributed by atoms with Crippen LogP contribution in [0.3, 0.4) is 0 Å². The van der Waals surface area contributed by atoms with E-state index in [4.69, 9.17) is 0 Å². The minimum Gasteiger partial charge on any atom is -0.311 e. The molecule has 16 heavy (non-hydrogen) atoms. The number of nitrogens with one attached hydrogen (secondary N) is 1. The molecule has 2 rings (SSSR count). The van der Waals surface area contributed by atoms with Crippen LogP contribution in [0.1, 0.15) is 32.1 Å². The molecule has 0 radical (unpaired) electrons. The smallest absolute Gasteiger partial charge is 0.225 e. The number of nitrogens with zero attached hydrogens (tertiary/aromatic N) is 1. The number of pyridine rings is 1. The molecule has 86 valence electrons. The lowest BCUT2D eigenvalue weighted by Crippen LogP contribution is -2.17. The Hall–Kier alpha value is -0.900. The second-order valence-electron chi connectivity index (χ2n) is 4.24. The summed E-state index contributed by atoms with van der Waals surface area (Å²) in [6, 6.07) is 3.64. The molecule has 0 spiro atoms. The molecule has 1 amide bonds. The predicted molar refractivity (Wildman–Crippen MR) is 67.1 cm³/mol. The fourth-order valence-corrected chi connectivity index (χ4v) is 2.13. The van der Waals surface area contributed by atoms with Crippen LogP contribution < -0.4 is 5.32 Å². The zero-order chi connectivity index (χ0) is 11.4. The van der Waals surface area contributed by atoms with E-state index in [1.54, 1.807) is 12.3 Å². The minimum atomic E-state index is 0.0671. The molecule has 1 N–H and O–H groups in total. The van der Waals surface area contributed by atoms with E-state index in [9.17, 15) is 4.79 Å². The molecule has 1 fully saturated rings. The lowest BCUT2D eigenvalue weighted by molar-refractivity contribution is -0.116. The summed E-state index contributed by atoms with van der Waals surface area (Å²) in [6.45, 7) is 0. The normalized spacial score (nSPS) is 15.6. The molecular weight excluding hydrogens is 268 g/mol. The molecule has 1 aromatic rings. The van der Waals surface area contributed by atoms with Gasteiger partial charge in [0, 0.05) is 17.1 Å². The Morgan fingerprint density at radius 1 is 1.56 bits per heavy atom. The Kier molecular flexibility index (Phi) is 3.93. The maximum absolute atomic E-state index is 11.6. The Bertz CT molecular complexity index is 377. The van der Waals surface area contributed by atoms with Crippen LogP contribution in [0.5, 0.6) is 0 Å². The van der Waals surface area contributed by atoms with E-state index in [2.05, 4.69) is 26.2 Å². The summed E-state index contributed by atoms with van der Waals surface area (Å²) in [4.78, 5) is 15.7. The molecular formula is C12H15BrN2O. The summed E-state index contributed by atoms with van der Waals surface area (Å²) in [7, 11) is 0. The van der Waals surface area contributed by atoms with Crippen molar-refractivity contribution in [2.24, 2.45) is 5.92 Å². The first-order valence-corrected chi connectivity index (χ1v) is 6.45. The zero-order valence-corrected chi connectivity index (χ0v) is 10.7. The van der Waals surface area contributed by atoms with Crippen molar-refractivity contribution in [2.45, 2.75) is 32.1 Å². The fraction of sp³-hybridized carbons (Fsp3) is 0.500. The molecule has 0 atom stereocenters. The van der Waals surface area contributed by atoms with Crippen molar-refractivity contribution in [1.29, 1.82) is 0 Å². The number of anilines is 1. The molecule has 0 saturated heterocycles. The summed E-state index contributed by atoms with van der Waals surface area (Å²) >= 11 is 3.34. The topological polar surface area (TPSA) is 42.0 Å². The van der Waals surface area contributed by atoms with Crippen LogP contribution in [0.15, 0.2) is 22.8 Å². The standard InChI is InChI=1S/C12H15BrN2O/c13-10-6-7-14-11(8-10)15-12(16)5-4-9-2-1-3-9/h6-9H,1-5H2,(H,14,15,16). The quantitative estimate of drug-likeness (QED) is 0.920. The monoisotopic (exact) mass is 282 g/mol. The zero-order valence-electron chi connectivity index (χ0n) is 9.08. The molecule has 1 aliphatic carbocycles. The van der Waals surface area contributed by atoms with Crippen LogP contribution in [-0.2, 0) is 4.79 Å². The van der Waals surface area contributed by atoms with Crippen LogP contribution >= 0.6 is 15.9 Å². The maximum atomic E-state index is 11.6. The van der Waals surface area contributed by atoms with Gasteiger partial charge in [0.05, 0.1) is 0 Å². The third-order valence-electron chi connectivity index (χ3n) is 2.99. The van der Waals surface area contributed by atoms with E-state index in [0.29, 0.717) is 12.2 Å². The second-order valence-corrected chi connectivity index (χ2v) is 5.16. The van der Waals surface area contributed by atoms with Crippen molar-refractivity contribution < 1.29 is 4.79 Å². The van der Waals surface area contributed by atoms with Crippen molar-refractivity contribution in [3.05, 3.63) is 22.8 Å². The first kappa shape index (κ1) is 11.6. The van der Waals surface area contributed by atoms with Gasteiger partial charge in [-0.2, -0.15) is 0 Å². The molecule has 0 aromatic carbocycles. The molecule has 1 aliphatic rings. The number of amides is 1. The third kappa shape index (κ3) is 3.30. The highest BCUT2D eigenvalue weighted by Crippen LogP contribution is 2.30. The summed E-state index contributed by atoms with van der Waals surface area (Å²) in [5, 5.41) is 2.81. The van der Waals surface area contributed by atoms with Crippen LogP contribution in [-0.4, -0.2) is 10.9 Å². The van der Waals surface area contributed by atoms with Crippen LogP contribution in [0.2, 0.25) is 0 Å². The molecule has 4 heteroatoms. The summed E-state index contributed by atoms with van der Waals surface area (Å²) < 4.78 is 0.928. The number of carbonyl (C=O) groups excluding carboxylic acids is 1. The number of carbonyl (C=O) groups is 1. The lowest BCUT2D eigenvalue weighted by atomic mass is 9.82. The average Bonchev–Trinajstić information content (AvgIpc) is 2.15. The molecule has 1 saturated carbocycles. The Morgan fingerprint density at radius 2 is 2.38 bits per heavy atom. The number of hydrogen-bond acceptors (Lipinski definition) is 2. The van der Waals surface area contributed by atoms with Gasteiger partial charge in [-0.1, -0.05) is 35.2 Å². The van der Waals surface area contributed by atoms with Crippen LogP contribution in [0.25, 0.3) is 0 Å². The predicted octanol–water partition coefficient (Wildman–Crippen LogP) is 3.36. The number of aromatic nitrogens is 1. The van der Waals surface area contributed by atoms with Gasteiger partial charge in [0.25, 0.3) is 0 Å². The first-order chi connectivity index (χ1) is 7.74. The van der Waals surface area contributed by atoms with Gasteiger partial charge in [0.1, 0.15) is 5.82 Å². The van der Waals surface area contributed by atoms with E-state index < -0.39 is 0 Å². The Morgan fingerprint density at radius 3 is 3.00 bits per heavy atom. The van der Waals surface area contributed by atoms with Gasteiger partial charge in [-0.15, -0.1) is 0 Å². The van der Waals surface area contributed by atoms with E-state index in [-0.39, 0.29) is 5.91 Å². The molecule has 0 aliphatic heterocycles. The maximum Gasteiger partial charge on any atom is 0.225 e. The van der Waals surface area contributed by atoms with Crippen LogP contribution in [0.4, 0.5) is 5.82 Å². The van der Waals surface area contributed by atoms with Gasteiger partial charge in [-0.05, 0) is 24.5 Å². The van der Waals surface area contributed by atoms with Gasteiger partial charge in [-0.3, -0.25) is 4.79 Å². The van der Waals surface area contributed by atoms with Gasteiger partial charge in [-0.25, -0.2) is 4.98 Å². The average molecular weight is 283 g/mol. The number of rotatable bonds is 4. The summed E-state index contributed by atoms with van der Waals surface area (Å²) in [5.74, 6) is 1.46. The van der Waals surface area contributed by atoms with E-state index >= 15 is 0 Å². The molecule has 1 heterocycles. The Balaban J connectivity index is 1.77. The van der Waals surface area contributed by atoms with Crippen molar-refractivity contribution in [2.75, 3.05) is 5.32 Å². The second kappa shape index (κ2) is 5.43. The van der Waals surface area contributed by atoms with Gasteiger partial charge >= 0.3 is 0 Å². The highest BCUT2D eigenvalue weighted by Gasteiger charge is 2.18. The van der Waals surface area contributed by atoms with E-state index in [1.807, 2.05) is 6.07 Å². The summed E-state index contributed by atoms with van der Waals surface area (Å²) in [5.41, 5.74) is 0. The highest BCUT2D eigenvalue weighted by molar-refractivity contribution is 9.10. The number of hydrogen-bond donors (Lipinski definition) is 1. The van der Waals surface area contributed by atoms with E-state index in [0.717, 1.165) is 16.8 Å². The molecule has 0 bridgehead atoms. The summed E-state index contributed by atoms with van der Waals surface area (Å²) in [6.07, 6.45) is 7.22. The Labute approximate surface area is 104 Å². The minimum absolute atomic E-state index is 0.0671. The van der Waals surface area contributed by atoms with Crippen molar-refractivity contribution >= 4 is 27.7 Å². The van der Waals surface area contributed by atoms with Gasteiger partial charge in [0.2, 0.25) is 5.91 Å². The third-order valence-corrected chi connectivity index (χ3v) is 3.49. The molecule has 1 aromatic heterocycles. The first-order valence-electron chi connectivity index (χ1n) is 5.65. The number of halogens is 1. The molecule has 3 nitrogen and oxygen atoms in total. The van der Waals surface area contributed by atoms with Gasteiger partial charge in [0.15, 0.2) is 0 Å². The fourth-order valence-electron chi connectivity index (χ4n) is 1.80. The largest absolute Gasteiger partial charge is 0.311 e. The SMILES string of the molecule is O=C(CCC1CCC1)Nc1cc(Br)ccn1. The van der Waals surface area contributed by atoms with Crippen molar-refractivity contribution in [1.82, 2.24) is 4.98 Å². The highest BCUT2D eigenvalue weighted by atomic mass is 79.9. The molecule has 0 unspecified atom stereocenters. The van der Waals surface area contributed by atoms with Crippen molar-refractivity contribution in [3.63, 3.8) is 0 Å². The van der Waals surface area contributed by atoms with Crippen LogP contribution in [0, 0.1) is 5.92 Å². The van der Waals surface area contributed by atoms with Gasteiger partial charge < -0.3 is 5.32 Å². The van der Waals surface area contributed by atoms with E-state index in [1.165, 1.54) is 19.3 Å².